The molecule has 1 nitrogen and oxygen atoms in total. The van der Waals surface area contributed by atoms with Crippen LogP contribution in [0.25, 0.3) is 0 Å². The highest BCUT2D eigenvalue weighted by Gasteiger charge is 2.14. The summed E-state index contributed by atoms with van der Waals surface area (Å²) in [6, 6.07) is 0. The van der Waals surface area contributed by atoms with Gasteiger partial charge >= 0.3 is 0 Å². The monoisotopic (exact) mass is 110 g/mol. The molecule has 0 aromatic rings. The second-order valence-electron chi connectivity index (χ2n) is 1.63. The molecule has 1 N–H and O–H groups in total. The summed E-state index contributed by atoms with van der Waals surface area (Å²) in [7, 11) is 0. The molecule has 0 heterocycles. The highest BCUT2D eigenvalue weighted by atomic mass is 16.3. The van der Waals surface area contributed by atoms with Crippen LogP contribution in [0, 0.1) is 12.3 Å². The van der Waals surface area contributed by atoms with Gasteiger partial charge in [-0.2, -0.15) is 0 Å². The van der Waals surface area contributed by atoms with Crippen LogP contribution >= 0.6 is 0 Å². The highest BCUT2D eigenvalue weighted by Crippen LogP contribution is 2.07. The molecule has 8 heavy (non-hydrogen) atoms. The zero-order valence-electron chi connectivity index (χ0n) is 5.02. The Morgan fingerprint density at radius 3 is 2.50 bits per heavy atom. The smallest absolute Gasteiger partial charge is 0.143 e. The van der Waals surface area contributed by atoms with Crippen LogP contribution in [0.15, 0.2) is 12.7 Å². The maximum atomic E-state index is 9.08. The fourth-order valence-electron chi connectivity index (χ4n) is 0.305. The van der Waals surface area contributed by atoms with E-state index in [2.05, 4.69) is 12.5 Å². The van der Waals surface area contributed by atoms with Crippen molar-refractivity contribution in [1.82, 2.24) is 0 Å². The zero-order chi connectivity index (χ0) is 6.62. The molecule has 0 saturated heterocycles. The van der Waals surface area contributed by atoms with Crippen LogP contribution in [-0.2, 0) is 0 Å². The second-order valence-corrected chi connectivity index (χ2v) is 1.63. The van der Waals surface area contributed by atoms with E-state index in [9.17, 15) is 0 Å². The molecule has 1 atom stereocenters. The zero-order valence-corrected chi connectivity index (χ0v) is 5.02. The van der Waals surface area contributed by atoms with E-state index < -0.39 is 5.60 Å². The Balaban J connectivity index is 4.03. The molecular formula is C7H10O. The first-order valence-electron chi connectivity index (χ1n) is 2.52. The van der Waals surface area contributed by atoms with Gasteiger partial charge in [0.15, 0.2) is 0 Å². The van der Waals surface area contributed by atoms with Crippen molar-refractivity contribution in [1.29, 1.82) is 0 Å². The van der Waals surface area contributed by atoms with Crippen molar-refractivity contribution >= 4 is 0 Å². The minimum atomic E-state index is -1.08. The molecule has 0 fully saturated rings. The van der Waals surface area contributed by atoms with Crippen molar-refractivity contribution in [3.05, 3.63) is 12.7 Å². The maximum Gasteiger partial charge on any atom is 0.143 e. The SMILES string of the molecule is C#C[C@@](O)(C=C)CC. The normalized spacial score (nSPS) is 16.1. The van der Waals surface area contributed by atoms with Crippen molar-refractivity contribution in [3.8, 4) is 12.3 Å². The summed E-state index contributed by atoms with van der Waals surface area (Å²) >= 11 is 0. The summed E-state index contributed by atoms with van der Waals surface area (Å²) in [5, 5.41) is 9.08. The molecule has 0 unspecified atom stereocenters. The van der Waals surface area contributed by atoms with Gasteiger partial charge in [0.25, 0.3) is 0 Å². The maximum absolute atomic E-state index is 9.08. The van der Waals surface area contributed by atoms with Crippen molar-refractivity contribution in [3.63, 3.8) is 0 Å². The van der Waals surface area contributed by atoms with Crippen molar-refractivity contribution < 1.29 is 5.11 Å². The summed E-state index contributed by atoms with van der Waals surface area (Å²) in [6.45, 7) is 5.19. The van der Waals surface area contributed by atoms with Gasteiger partial charge in [-0.05, 0) is 12.5 Å². The Hall–Kier alpha value is -0.740. The third-order valence-corrected chi connectivity index (χ3v) is 1.13. The van der Waals surface area contributed by atoms with Gasteiger partial charge in [0.2, 0.25) is 0 Å². The fraction of sp³-hybridized carbons (Fsp3) is 0.429. The fourth-order valence-corrected chi connectivity index (χ4v) is 0.305. The number of hydrogen-bond acceptors (Lipinski definition) is 1. The van der Waals surface area contributed by atoms with Gasteiger partial charge in [-0.1, -0.05) is 19.4 Å². The number of terminal acetylenes is 1. The van der Waals surface area contributed by atoms with Crippen molar-refractivity contribution in [2.24, 2.45) is 0 Å². The van der Waals surface area contributed by atoms with Gasteiger partial charge in [0.1, 0.15) is 5.60 Å². The van der Waals surface area contributed by atoms with E-state index in [4.69, 9.17) is 11.5 Å². The molecule has 0 bridgehead atoms. The number of rotatable bonds is 2. The summed E-state index contributed by atoms with van der Waals surface area (Å²) in [4.78, 5) is 0. The van der Waals surface area contributed by atoms with Crippen LogP contribution in [0.3, 0.4) is 0 Å². The molecular weight excluding hydrogens is 100 g/mol. The van der Waals surface area contributed by atoms with Crippen LogP contribution in [0.4, 0.5) is 0 Å². The molecule has 44 valence electrons. The topological polar surface area (TPSA) is 20.2 Å². The minimum Gasteiger partial charge on any atom is -0.374 e. The lowest BCUT2D eigenvalue weighted by Gasteiger charge is -2.12. The second kappa shape index (κ2) is 2.54. The largest absolute Gasteiger partial charge is 0.374 e. The Bertz CT molecular complexity index is 121. The average molecular weight is 110 g/mol. The van der Waals surface area contributed by atoms with Crippen molar-refractivity contribution in [2.45, 2.75) is 18.9 Å². The first kappa shape index (κ1) is 7.26. The van der Waals surface area contributed by atoms with Crippen LogP contribution in [0.1, 0.15) is 13.3 Å². The van der Waals surface area contributed by atoms with Gasteiger partial charge in [-0.25, -0.2) is 0 Å². The van der Waals surface area contributed by atoms with Crippen LogP contribution < -0.4 is 0 Å². The Labute approximate surface area is 50.0 Å². The number of aliphatic hydroxyl groups is 1. The first-order valence-corrected chi connectivity index (χ1v) is 2.52. The van der Waals surface area contributed by atoms with E-state index in [0.717, 1.165) is 0 Å². The molecule has 0 saturated carbocycles. The third-order valence-electron chi connectivity index (χ3n) is 1.13. The third kappa shape index (κ3) is 1.40. The predicted molar refractivity (Wildman–Crippen MR) is 34.3 cm³/mol. The molecule has 0 spiro atoms. The van der Waals surface area contributed by atoms with E-state index in [-0.39, 0.29) is 0 Å². The standard InChI is InChI=1S/C7H10O/c1-4-7(8,5-2)6-3/h1,5,8H,2,6H2,3H3/t7-/m1/s1. The highest BCUT2D eigenvalue weighted by molar-refractivity contribution is 5.15. The van der Waals surface area contributed by atoms with Gasteiger partial charge < -0.3 is 5.11 Å². The average Bonchev–Trinajstić information content (AvgIpc) is 1.87. The van der Waals surface area contributed by atoms with Crippen LogP contribution in [0.5, 0.6) is 0 Å². The van der Waals surface area contributed by atoms with Gasteiger partial charge in [0, 0.05) is 0 Å². The van der Waals surface area contributed by atoms with Crippen molar-refractivity contribution in [2.75, 3.05) is 0 Å². The van der Waals surface area contributed by atoms with E-state index >= 15 is 0 Å². The van der Waals surface area contributed by atoms with Gasteiger partial charge in [0.05, 0.1) is 0 Å². The van der Waals surface area contributed by atoms with Gasteiger partial charge in [-0.15, -0.1) is 6.42 Å². The summed E-state index contributed by atoms with van der Waals surface area (Å²) in [5.41, 5.74) is -1.08. The molecule has 0 aliphatic carbocycles. The molecule has 0 aliphatic rings. The first-order chi connectivity index (χ1) is 3.68. The quantitative estimate of drug-likeness (QED) is 0.414. The van der Waals surface area contributed by atoms with E-state index in [0.29, 0.717) is 6.42 Å². The molecule has 0 aromatic heterocycles. The summed E-state index contributed by atoms with van der Waals surface area (Å²) in [5.74, 6) is 2.22. The molecule has 0 radical (unpaired) electrons. The number of hydrogen-bond donors (Lipinski definition) is 1. The Morgan fingerprint density at radius 1 is 2.00 bits per heavy atom. The predicted octanol–water partition coefficient (Wildman–Crippen LogP) is 0.947. The summed E-state index contributed by atoms with van der Waals surface area (Å²) in [6.07, 6.45) is 6.85. The molecule has 0 aromatic carbocycles. The van der Waals surface area contributed by atoms with Gasteiger partial charge in [-0.3, -0.25) is 0 Å². The van der Waals surface area contributed by atoms with E-state index in [1.165, 1.54) is 6.08 Å². The Kier molecular flexibility index (Phi) is 2.30. The molecule has 0 amide bonds. The lowest BCUT2D eigenvalue weighted by Crippen LogP contribution is -2.20. The Morgan fingerprint density at radius 2 is 2.50 bits per heavy atom. The lowest BCUT2D eigenvalue weighted by molar-refractivity contribution is 0.149. The summed E-state index contributed by atoms with van der Waals surface area (Å²) < 4.78 is 0. The molecule has 0 rings (SSSR count). The lowest BCUT2D eigenvalue weighted by atomic mass is 10.0. The molecule has 0 aliphatic heterocycles. The molecule has 1 heteroatoms. The van der Waals surface area contributed by atoms with E-state index in [1.807, 2.05) is 6.92 Å². The van der Waals surface area contributed by atoms with Crippen LogP contribution in [0.2, 0.25) is 0 Å². The van der Waals surface area contributed by atoms with E-state index in [1.54, 1.807) is 0 Å². The minimum absolute atomic E-state index is 0.521. The van der Waals surface area contributed by atoms with Crippen LogP contribution in [-0.4, -0.2) is 10.7 Å².